The predicted molar refractivity (Wildman–Crippen MR) is 42.0 cm³/mol. The average Bonchev–Trinajstić information content (AvgIpc) is 2.34. The Morgan fingerprint density at radius 1 is 1.80 bits per heavy atom. The van der Waals surface area contributed by atoms with Crippen LogP contribution in [0.4, 0.5) is 4.39 Å². The van der Waals surface area contributed by atoms with Crippen LogP contribution in [0.1, 0.15) is 16.6 Å². The molecule has 1 heterocycles. The molecule has 1 aromatic heterocycles. The standard InChI is InChI=1S/C7H10FNS/c1-5-2-3-10-7(5)6(8)4-9/h2-3,6H,4,9H2,1H3. The predicted octanol–water partition coefficient (Wildman–Crippen LogP) is 2.03. The van der Waals surface area contributed by atoms with Crippen molar-refractivity contribution in [3.05, 3.63) is 21.9 Å². The molecule has 1 rings (SSSR count). The Labute approximate surface area is 63.7 Å². The van der Waals surface area contributed by atoms with E-state index < -0.39 is 6.17 Å². The molecule has 0 spiro atoms. The molecule has 1 unspecified atom stereocenters. The topological polar surface area (TPSA) is 26.0 Å². The van der Waals surface area contributed by atoms with E-state index in [1.807, 2.05) is 18.4 Å². The third kappa shape index (κ3) is 1.36. The molecule has 0 aliphatic carbocycles. The quantitative estimate of drug-likeness (QED) is 0.702. The molecule has 0 radical (unpaired) electrons. The maximum absolute atomic E-state index is 12.8. The Bertz CT molecular complexity index is 209. The summed E-state index contributed by atoms with van der Waals surface area (Å²) in [5, 5.41) is 1.88. The van der Waals surface area contributed by atoms with Gasteiger partial charge in [-0.3, -0.25) is 0 Å². The van der Waals surface area contributed by atoms with E-state index in [2.05, 4.69) is 0 Å². The first-order chi connectivity index (χ1) is 4.75. The summed E-state index contributed by atoms with van der Waals surface area (Å²) in [6, 6.07) is 1.90. The van der Waals surface area contributed by atoms with Crippen LogP contribution in [0.3, 0.4) is 0 Å². The molecule has 0 saturated heterocycles. The maximum Gasteiger partial charge on any atom is 0.147 e. The molecule has 0 fully saturated rings. The van der Waals surface area contributed by atoms with Crippen molar-refractivity contribution in [3.63, 3.8) is 0 Å². The molecule has 2 N–H and O–H groups in total. The maximum atomic E-state index is 12.8. The molecule has 1 nitrogen and oxygen atoms in total. The van der Waals surface area contributed by atoms with Crippen LogP contribution in [-0.2, 0) is 0 Å². The molecule has 0 aliphatic heterocycles. The van der Waals surface area contributed by atoms with Gasteiger partial charge in [0.25, 0.3) is 0 Å². The summed E-state index contributed by atoms with van der Waals surface area (Å²) < 4.78 is 12.8. The molecule has 0 aromatic carbocycles. The SMILES string of the molecule is Cc1ccsc1C(F)CN. The number of rotatable bonds is 2. The van der Waals surface area contributed by atoms with E-state index in [0.29, 0.717) is 0 Å². The summed E-state index contributed by atoms with van der Waals surface area (Å²) in [5.74, 6) is 0. The molecule has 1 aromatic rings. The number of nitrogens with two attached hydrogens (primary N) is 1. The smallest absolute Gasteiger partial charge is 0.147 e. The van der Waals surface area contributed by atoms with Crippen LogP contribution in [0.25, 0.3) is 0 Å². The van der Waals surface area contributed by atoms with Crippen molar-refractivity contribution in [1.29, 1.82) is 0 Å². The Morgan fingerprint density at radius 2 is 2.50 bits per heavy atom. The highest BCUT2D eigenvalue weighted by Gasteiger charge is 2.10. The monoisotopic (exact) mass is 159 g/mol. The van der Waals surface area contributed by atoms with E-state index in [1.165, 1.54) is 11.3 Å². The largest absolute Gasteiger partial charge is 0.327 e. The summed E-state index contributed by atoms with van der Waals surface area (Å²) in [5.41, 5.74) is 6.17. The highest BCUT2D eigenvalue weighted by molar-refractivity contribution is 7.10. The van der Waals surface area contributed by atoms with E-state index in [4.69, 9.17) is 5.73 Å². The van der Waals surface area contributed by atoms with Crippen LogP contribution in [-0.4, -0.2) is 6.54 Å². The fraction of sp³-hybridized carbons (Fsp3) is 0.429. The third-order valence-corrected chi connectivity index (χ3v) is 2.50. The van der Waals surface area contributed by atoms with Gasteiger partial charge in [0.1, 0.15) is 6.17 Å². The van der Waals surface area contributed by atoms with Gasteiger partial charge in [0.15, 0.2) is 0 Å². The van der Waals surface area contributed by atoms with Gasteiger partial charge in [0.2, 0.25) is 0 Å². The molecular formula is C7H10FNS. The van der Waals surface area contributed by atoms with Gasteiger partial charge in [-0.2, -0.15) is 0 Å². The first-order valence-corrected chi connectivity index (χ1v) is 4.01. The lowest BCUT2D eigenvalue weighted by atomic mass is 10.2. The lowest BCUT2D eigenvalue weighted by Gasteiger charge is -2.01. The van der Waals surface area contributed by atoms with Crippen molar-refractivity contribution in [2.45, 2.75) is 13.1 Å². The minimum Gasteiger partial charge on any atom is -0.327 e. The zero-order valence-electron chi connectivity index (χ0n) is 5.80. The van der Waals surface area contributed by atoms with E-state index in [-0.39, 0.29) is 6.54 Å². The summed E-state index contributed by atoms with van der Waals surface area (Å²) in [6.07, 6.45) is -0.972. The van der Waals surface area contributed by atoms with Crippen LogP contribution < -0.4 is 5.73 Å². The number of alkyl halides is 1. The molecule has 0 saturated carbocycles. The van der Waals surface area contributed by atoms with Gasteiger partial charge in [-0.05, 0) is 23.9 Å². The second-order valence-electron chi connectivity index (χ2n) is 2.17. The van der Waals surface area contributed by atoms with Crippen molar-refractivity contribution in [2.24, 2.45) is 5.73 Å². The number of thiophene rings is 1. The summed E-state index contributed by atoms with van der Waals surface area (Å²) in [7, 11) is 0. The van der Waals surface area contributed by atoms with Crippen molar-refractivity contribution in [1.82, 2.24) is 0 Å². The van der Waals surface area contributed by atoms with Crippen LogP contribution in [0.15, 0.2) is 11.4 Å². The summed E-state index contributed by atoms with van der Waals surface area (Å²) in [4.78, 5) is 0.766. The number of aryl methyl sites for hydroxylation is 1. The Balaban J connectivity index is 2.82. The van der Waals surface area contributed by atoms with E-state index >= 15 is 0 Å². The van der Waals surface area contributed by atoms with Gasteiger partial charge in [-0.15, -0.1) is 11.3 Å². The summed E-state index contributed by atoms with van der Waals surface area (Å²) in [6.45, 7) is 1.98. The van der Waals surface area contributed by atoms with Gasteiger partial charge in [0, 0.05) is 11.4 Å². The van der Waals surface area contributed by atoms with Crippen LogP contribution >= 0.6 is 11.3 Å². The lowest BCUT2D eigenvalue weighted by Crippen LogP contribution is -2.06. The third-order valence-electron chi connectivity index (χ3n) is 1.39. The number of halogens is 1. The van der Waals surface area contributed by atoms with Crippen LogP contribution in [0.5, 0.6) is 0 Å². The Kier molecular flexibility index (Phi) is 2.40. The minimum atomic E-state index is -0.972. The number of hydrogen-bond acceptors (Lipinski definition) is 2. The minimum absolute atomic E-state index is 0.0847. The van der Waals surface area contributed by atoms with Gasteiger partial charge in [0.05, 0.1) is 0 Å². The van der Waals surface area contributed by atoms with Crippen LogP contribution in [0.2, 0.25) is 0 Å². The molecule has 1 atom stereocenters. The zero-order valence-corrected chi connectivity index (χ0v) is 6.62. The van der Waals surface area contributed by atoms with Gasteiger partial charge < -0.3 is 5.73 Å². The Hall–Kier alpha value is -0.410. The second-order valence-corrected chi connectivity index (χ2v) is 3.12. The number of hydrogen-bond donors (Lipinski definition) is 1. The second kappa shape index (κ2) is 3.12. The van der Waals surface area contributed by atoms with Crippen molar-refractivity contribution < 1.29 is 4.39 Å². The van der Waals surface area contributed by atoms with E-state index in [9.17, 15) is 4.39 Å². The van der Waals surface area contributed by atoms with Crippen molar-refractivity contribution in [3.8, 4) is 0 Å². The molecule has 10 heavy (non-hydrogen) atoms. The van der Waals surface area contributed by atoms with Crippen molar-refractivity contribution >= 4 is 11.3 Å². The highest BCUT2D eigenvalue weighted by atomic mass is 32.1. The lowest BCUT2D eigenvalue weighted by molar-refractivity contribution is 0.357. The first-order valence-electron chi connectivity index (χ1n) is 3.14. The molecular weight excluding hydrogens is 149 g/mol. The fourth-order valence-electron chi connectivity index (χ4n) is 0.812. The highest BCUT2D eigenvalue weighted by Crippen LogP contribution is 2.25. The fourth-order valence-corrected chi connectivity index (χ4v) is 1.73. The Morgan fingerprint density at radius 3 is 2.90 bits per heavy atom. The average molecular weight is 159 g/mol. The van der Waals surface area contributed by atoms with Crippen LogP contribution in [0, 0.1) is 6.92 Å². The first kappa shape index (κ1) is 7.69. The van der Waals surface area contributed by atoms with Crippen molar-refractivity contribution in [2.75, 3.05) is 6.54 Å². The summed E-state index contributed by atoms with van der Waals surface area (Å²) >= 11 is 1.43. The van der Waals surface area contributed by atoms with E-state index in [1.54, 1.807) is 0 Å². The molecule has 0 aliphatic rings. The molecule has 0 bridgehead atoms. The molecule has 56 valence electrons. The van der Waals surface area contributed by atoms with Gasteiger partial charge in [-0.1, -0.05) is 0 Å². The van der Waals surface area contributed by atoms with Gasteiger partial charge in [-0.25, -0.2) is 4.39 Å². The normalized spacial score (nSPS) is 13.5. The van der Waals surface area contributed by atoms with E-state index in [0.717, 1.165) is 10.4 Å². The zero-order chi connectivity index (χ0) is 7.56. The van der Waals surface area contributed by atoms with Gasteiger partial charge >= 0.3 is 0 Å². The molecule has 3 heteroatoms. The molecule has 0 amide bonds.